The third-order valence-electron chi connectivity index (χ3n) is 8.17. The number of carbonyl (C=O) groups is 1. The second-order valence-electron chi connectivity index (χ2n) is 10.3. The zero-order chi connectivity index (χ0) is 21.0. The quantitative estimate of drug-likeness (QED) is 0.547. The summed E-state index contributed by atoms with van der Waals surface area (Å²) in [6.07, 6.45) is 18.9. The second kappa shape index (κ2) is 9.75. The Balaban J connectivity index is 1.45. The van der Waals surface area contributed by atoms with E-state index in [1.165, 1.54) is 102 Å². The molecule has 3 fully saturated rings. The van der Waals surface area contributed by atoms with E-state index in [1.54, 1.807) is 0 Å². The Morgan fingerprint density at radius 2 is 1.35 bits per heavy atom. The standard InChI is InChI=1S/C27H39N3O/c31-26(30(22-14-6-2-7-15-22)23-16-8-3-9-17-23)20-29-25-19-11-10-18-24(25)28-27(29)21-12-4-1-5-13-21/h10-11,18-19,21-23H,1-9,12-17,20H2. The average molecular weight is 422 g/mol. The molecule has 5 rings (SSSR count). The lowest BCUT2D eigenvalue weighted by Crippen LogP contribution is -2.50. The zero-order valence-corrected chi connectivity index (χ0v) is 19.1. The molecule has 1 aromatic heterocycles. The minimum Gasteiger partial charge on any atom is -0.335 e. The van der Waals surface area contributed by atoms with E-state index in [0.29, 0.717) is 30.5 Å². The van der Waals surface area contributed by atoms with Gasteiger partial charge in [-0.05, 0) is 50.7 Å². The molecule has 3 aliphatic carbocycles. The first-order valence-electron chi connectivity index (χ1n) is 13.1. The lowest BCUT2D eigenvalue weighted by atomic mass is 9.88. The molecular formula is C27H39N3O. The van der Waals surface area contributed by atoms with E-state index in [1.807, 2.05) is 0 Å². The molecule has 0 unspecified atom stereocenters. The number of carbonyl (C=O) groups excluding carboxylic acids is 1. The van der Waals surface area contributed by atoms with E-state index in [0.717, 1.165) is 11.0 Å². The Labute approximate surface area is 187 Å². The third kappa shape index (κ3) is 4.54. The molecule has 0 bridgehead atoms. The van der Waals surface area contributed by atoms with Crippen molar-refractivity contribution < 1.29 is 4.79 Å². The molecule has 168 valence electrons. The van der Waals surface area contributed by atoms with Crippen LogP contribution in [-0.2, 0) is 11.3 Å². The first-order chi connectivity index (χ1) is 15.3. The lowest BCUT2D eigenvalue weighted by Gasteiger charge is -2.42. The van der Waals surface area contributed by atoms with Crippen molar-refractivity contribution in [2.45, 2.75) is 121 Å². The molecule has 0 aliphatic heterocycles. The maximum Gasteiger partial charge on any atom is 0.243 e. The van der Waals surface area contributed by atoms with E-state index < -0.39 is 0 Å². The average Bonchev–Trinajstić information content (AvgIpc) is 3.20. The fourth-order valence-electron chi connectivity index (χ4n) is 6.57. The molecule has 1 heterocycles. The number of aromatic nitrogens is 2. The molecular weight excluding hydrogens is 382 g/mol. The minimum absolute atomic E-state index is 0.346. The van der Waals surface area contributed by atoms with Gasteiger partial charge in [-0.25, -0.2) is 4.98 Å². The van der Waals surface area contributed by atoms with Crippen molar-refractivity contribution in [2.75, 3.05) is 0 Å². The van der Waals surface area contributed by atoms with Gasteiger partial charge in [0.05, 0.1) is 11.0 Å². The van der Waals surface area contributed by atoms with Gasteiger partial charge in [0.1, 0.15) is 12.4 Å². The highest BCUT2D eigenvalue weighted by Crippen LogP contribution is 2.35. The molecule has 0 saturated heterocycles. The molecule has 0 spiro atoms. The van der Waals surface area contributed by atoms with Crippen LogP contribution in [0, 0.1) is 0 Å². The number of hydrogen-bond donors (Lipinski definition) is 0. The molecule has 1 aromatic carbocycles. The van der Waals surface area contributed by atoms with Crippen LogP contribution in [0.1, 0.15) is 108 Å². The Morgan fingerprint density at radius 3 is 1.97 bits per heavy atom. The van der Waals surface area contributed by atoms with Crippen molar-refractivity contribution in [3.05, 3.63) is 30.1 Å². The fourth-order valence-corrected chi connectivity index (χ4v) is 6.57. The minimum atomic E-state index is 0.346. The molecule has 3 saturated carbocycles. The number of imidazole rings is 1. The van der Waals surface area contributed by atoms with Gasteiger partial charge in [0.15, 0.2) is 0 Å². The lowest BCUT2D eigenvalue weighted by molar-refractivity contribution is -0.138. The maximum absolute atomic E-state index is 14.0. The number of benzene rings is 1. The van der Waals surface area contributed by atoms with Gasteiger partial charge in [-0.3, -0.25) is 4.79 Å². The highest BCUT2D eigenvalue weighted by Gasteiger charge is 2.33. The van der Waals surface area contributed by atoms with Crippen molar-refractivity contribution in [1.29, 1.82) is 0 Å². The van der Waals surface area contributed by atoms with E-state index in [2.05, 4.69) is 33.7 Å². The molecule has 0 radical (unpaired) electrons. The molecule has 4 heteroatoms. The predicted molar refractivity (Wildman–Crippen MR) is 126 cm³/mol. The Hall–Kier alpha value is -1.84. The van der Waals surface area contributed by atoms with E-state index in [9.17, 15) is 4.79 Å². The normalized spacial score (nSPS) is 22.1. The van der Waals surface area contributed by atoms with Crippen molar-refractivity contribution >= 4 is 16.9 Å². The van der Waals surface area contributed by atoms with Gasteiger partial charge in [0, 0.05) is 18.0 Å². The van der Waals surface area contributed by atoms with Crippen molar-refractivity contribution in [3.63, 3.8) is 0 Å². The van der Waals surface area contributed by atoms with Crippen LogP contribution in [0.2, 0.25) is 0 Å². The summed E-state index contributed by atoms with van der Waals surface area (Å²) >= 11 is 0. The Bertz CT molecular complexity index is 852. The van der Waals surface area contributed by atoms with E-state index in [4.69, 9.17) is 4.98 Å². The van der Waals surface area contributed by atoms with Gasteiger partial charge in [0.2, 0.25) is 5.91 Å². The van der Waals surface area contributed by atoms with Gasteiger partial charge in [-0.2, -0.15) is 0 Å². The summed E-state index contributed by atoms with van der Waals surface area (Å²) in [6, 6.07) is 9.35. The fraction of sp³-hybridized carbons (Fsp3) is 0.704. The predicted octanol–water partition coefficient (Wildman–Crippen LogP) is 6.58. The molecule has 0 atom stereocenters. The highest BCUT2D eigenvalue weighted by molar-refractivity contribution is 5.81. The smallest absolute Gasteiger partial charge is 0.243 e. The van der Waals surface area contributed by atoms with Crippen LogP contribution in [0.4, 0.5) is 0 Å². The molecule has 4 nitrogen and oxygen atoms in total. The topological polar surface area (TPSA) is 38.1 Å². The Morgan fingerprint density at radius 1 is 0.806 bits per heavy atom. The number of amides is 1. The monoisotopic (exact) mass is 421 g/mol. The van der Waals surface area contributed by atoms with E-state index in [-0.39, 0.29) is 0 Å². The summed E-state index contributed by atoms with van der Waals surface area (Å²) in [4.78, 5) is 21.4. The first-order valence-corrected chi connectivity index (χ1v) is 13.1. The molecule has 2 aromatic rings. The number of rotatable bonds is 5. The summed E-state index contributed by atoms with van der Waals surface area (Å²) in [5.74, 6) is 2.02. The summed E-state index contributed by atoms with van der Waals surface area (Å²) < 4.78 is 2.30. The SMILES string of the molecule is O=C(Cn1c(C2CCCCC2)nc2ccccc21)N(C1CCCCC1)C1CCCCC1. The highest BCUT2D eigenvalue weighted by atomic mass is 16.2. The van der Waals surface area contributed by atoms with Crippen LogP contribution < -0.4 is 0 Å². The van der Waals surface area contributed by atoms with Gasteiger partial charge in [-0.15, -0.1) is 0 Å². The third-order valence-corrected chi connectivity index (χ3v) is 8.17. The van der Waals surface area contributed by atoms with Gasteiger partial charge in [-0.1, -0.05) is 69.9 Å². The molecule has 1 amide bonds. The largest absolute Gasteiger partial charge is 0.335 e. The summed E-state index contributed by atoms with van der Waals surface area (Å²) in [7, 11) is 0. The van der Waals surface area contributed by atoms with Crippen LogP contribution in [0.3, 0.4) is 0 Å². The first kappa shape index (κ1) is 21.0. The Kier molecular flexibility index (Phi) is 6.61. The summed E-state index contributed by atoms with van der Waals surface area (Å²) in [6.45, 7) is 0.472. The van der Waals surface area contributed by atoms with E-state index >= 15 is 0 Å². The molecule has 31 heavy (non-hydrogen) atoms. The van der Waals surface area contributed by atoms with Crippen molar-refractivity contribution in [2.24, 2.45) is 0 Å². The van der Waals surface area contributed by atoms with Gasteiger partial charge < -0.3 is 9.47 Å². The summed E-state index contributed by atoms with van der Waals surface area (Å²) in [5, 5.41) is 0. The summed E-state index contributed by atoms with van der Waals surface area (Å²) in [5.41, 5.74) is 2.20. The van der Waals surface area contributed by atoms with Gasteiger partial charge >= 0.3 is 0 Å². The number of nitrogens with zero attached hydrogens (tertiary/aromatic N) is 3. The van der Waals surface area contributed by atoms with Crippen molar-refractivity contribution in [1.82, 2.24) is 14.5 Å². The second-order valence-corrected chi connectivity index (χ2v) is 10.3. The number of para-hydroxylation sites is 2. The van der Waals surface area contributed by atoms with Crippen LogP contribution in [0.25, 0.3) is 11.0 Å². The molecule has 3 aliphatic rings. The van der Waals surface area contributed by atoms with Crippen molar-refractivity contribution in [3.8, 4) is 0 Å². The van der Waals surface area contributed by atoms with Crippen LogP contribution in [0.15, 0.2) is 24.3 Å². The van der Waals surface area contributed by atoms with Crippen LogP contribution in [-0.4, -0.2) is 32.4 Å². The van der Waals surface area contributed by atoms with Crippen LogP contribution in [0.5, 0.6) is 0 Å². The number of fused-ring (bicyclic) bond motifs is 1. The molecule has 0 N–H and O–H groups in total. The number of hydrogen-bond acceptors (Lipinski definition) is 2. The maximum atomic E-state index is 14.0. The van der Waals surface area contributed by atoms with Gasteiger partial charge in [0.25, 0.3) is 0 Å². The zero-order valence-electron chi connectivity index (χ0n) is 19.1. The van der Waals surface area contributed by atoms with Crippen LogP contribution >= 0.6 is 0 Å².